The molecule has 0 bridgehead atoms. The van der Waals surface area contributed by atoms with Crippen LogP contribution in [0.1, 0.15) is 45.6 Å². The summed E-state index contributed by atoms with van der Waals surface area (Å²) in [7, 11) is 0. The minimum atomic E-state index is -0.425. The normalized spacial score (nSPS) is 18.0. The number of ether oxygens (including phenoxy) is 1. The van der Waals surface area contributed by atoms with Gasteiger partial charge in [0.1, 0.15) is 5.60 Å². The van der Waals surface area contributed by atoms with Gasteiger partial charge in [-0.1, -0.05) is 34.5 Å². The summed E-state index contributed by atoms with van der Waals surface area (Å²) >= 11 is 3.47. The van der Waals surface area contributed by atoms with Crippen LogP contribution < -0.4 is 0 Å². The number of benzene rings is 1. The molecule has 0 aliphatic heterocycles. The average Bonchev–Trinajstić information content (AvgIpc) is 2.12. The minimum Gasteiger partial charge on any atom is -0.459 e. The van der Waals surface area contributed by atoms with Crippen molar-refractivity contribution in [2.75, 3.05) is 0 Å². The zero-order valence-corrected chi connectivity index (χ0v) is 12.7. The van der Waals surface area contributed by atoms with Gasteiger partial charge >= 0.3 is 5.97 Å². The summed E-state index contributed by atoms with van der Waals surface area (Å²) in [5.41, 5.74) is 0.223. The Kier molecular flexibility index (Phi) is 3.54. The van der Waals surface area contributed by atoms with Crippen molar-refractivity contribution in [1.82, 2.24) is 0 Å². The Hall–Kier alpha value is -0.830. The highest BCUT2D eigenvalue weighted by molar-refractivity contribution is 9.10. The SMILES string of the molecule is CC(C)(C)OC(=O)C1(c2cccc(Br)c2)CCC1. The van der Waals surface area contributed by atoms with E-state index < -0.39 is 11.0 Å². The van der Waals surface area contributed by atoms with Gasteiger partial charge in [0.15, 0.2) is 0 Å². The van der Waals surface area contributed by atoms with Crippen molar-refractivity contribution in [3.63, 3.8) is 0 Å². The summed E-state index contributed by atoms with van der Waals surface area (Å²) in [6.07, 6.45) is 2.86. The van der Waals surface area contributed by atoms with Crippen molar-refractivity contribution < 1.29 is 9.53 Å². The van der Waals surface area contributed by atoms with Gasteiger partial charge in [0.2, 0.25) is 0 Å². The molecule has 18 heavy (non-hydrogen) atoms. The number of hydrogen-bond acceptors (Lipinski definition) is 2. The summed E-state index contributed by atoms with van der Waals surface area (Å²) in [6, 6.07) is 8.01. The van der Waals surface area contributed by atoms with Gasteiger partial charge in [-0.15, -0.1) is 0 Å². The van der Waals surface area contributed by atoms with Crippen molar-refractivity contribution in [1.29, 1.82) is 0 Å². The highest BCUT2D eigenvalue weighted by atomic mass is 79.9. The quantitative estimate of drug-likeness (QED) is 0.765. The van der Waals surface area contributed by atoms with E-state index in [2.05, 4.69) is 15.9 Å². The second kappa shape index (κ2) is 4.69. The molecule has 0 aromatic heterocycles. The monoisotopic (exact) mass is 310 g/mol. The summed E-state index contributed by atoms with van der Waals surface area (Å²) in [5.74, 6) is -0.0839. The van der Waals surface area contributed by atoms with Gasteiger partial charge < -0.3 is 4.74 Å². The van der Waals surface area contributed by atoms with Crippen LogP contribution >= 0.6 is 15.9 Å². The van der Waals surface area contributed by atoms with Gasteiger partial charge in [-0.2, -0.15) is 0 Å². The largest absolute Gasteiger partial charge is 0.459 e. The van der Waals surface area contributed by atoms with E-state index >= 15 is 0 Å². The van der Waals surface area contributed by atoms with E-state index in [0.717, 1.165) is 29.3 Å². The molecule has 0 radical (unpaired) electrons. The maximum Gasteiger partial charge on any atom is 0.317 e. The molecule has 1 saturated carbocycles. The molecule has 0 N–H and O–H groups in total. The molecule has 98 valence electrons. The molecule has 0 heterocycles. The number of esters is 1. The standard InChI is InChI=1S/C15H19BrO2/c1-14(2,3)18-13(17)15(8-5-9-15)11-6-4-7-12(16)10-11/h4,6-7,10H,5,8-9H2,1-3H3. The van der Waals surface area contributed by atoms with Gasteiger partial charge in [-0.3, -0.25) is 4.79 Å². The summed E-state index contributed by atoms with van der Waals surface area (Å²) in [6.45, 7) is 5.74. The molecule has 1 aromatic carbocycles. The Balaban J connectivity index is 2.29. The predicted molar refractivity (Wildman–Crippen MR) is 75.5 cm³/mol. The lowest BCUT2D eigenvalue weighted by molar-refractivity contribution is -0.166. The van der Waals surface area contributed by atoms with Crippen LogP contribution in [-0.2, 0) is 14.9 Å². The van der Waals surface area contributed by atoms with Crippen LogP contribution in [0.25, 0.3) is 0 Å². The molecular weight excluding hydrogens is 292 g/mol. The highest BCUT2D eigenvalue weighted by Gasteiger charge is 2.48. The molecule has 0 spiro atoms. The molecule has 3 heteroatoms. The van der Waals surface area contributed by atoms with Crippen molar-refractivity contribution in [2.45, 2.75) is 51.0 Å². The maximum absolute atomic E-state index is 12.4. The number of rotatable bonds is 2. The van der Waals surface area contributed by atoms with Crippen LogP contribution in [0.15, 0.2) is 28.7 Å². The van der Waals surface area contributed by atoms with E-state index in [0.29, 0.717) is 0 Å². The maximum atomic E-state index is 12.4. The van der Waals surface area contributed by atoms with Crippen molar-refractivity contribution in [3.8, 4) is 0 Å². The molecule has 1 aliphatic carbocycles. The van der Waals surface area contributed by atoms with Crippen LogP contribution in [0.4, 0.5) is 0 Å². The second-order valence-electron chi connectivity index (χ2n) is 5.95. The van der Waals surface area contributed by atoms with E-state index in [-0.39, 0.29) is 5.97 Å². The molecule has 0 amide bonds. The van der Waals surface area contributed by atoms with Gasteiger partial charge in [-0.25, -0.2) is 0 Å². The molecule has 0 unspecified atom stereocenters. The third-order valence-corrected chi connectivity index (χ3v) is 3.87. The Morgan fingerprint density at radius 3 is 2.44 bits per heavy atom. The van der Waals surface area contributed by atoms with E-state index in [4.69, 9.17) is 4.74 Å². The number of halogens is 1. The first-order valence-corrected chi connectivity index (χ1v) is 7.12. The van der Waals surface area contributed by atoms with Crippen LogP contribution in [0.2, 0.25) is 0 Å². The van der Waals surface area contributed by atoms with Crippen molar-refractivity contribution in [3.05, 3.63) is 34.3 Å². The summed E-state index contributed by atoms with van der Waals surface area (Å²) in [5, 5.41) is 0. The molecule has 0 atom stereocenters. The van der Waals surface area contributed by atoms with E-state index in [1.807, 2.05) is 45.0 Å². The van der Waals surface area contributed by atoms with E-state index in [9.17, 15) is 4.79 Å². The Morgan fingerprint density at radius 1 is 1.33 bits per heavy atom. The topological polar surface area (TPSA) is 26.3 Å². The lowest BCUT2D eigenvalue weighted by Gasteiger charge is -2.41. The van der Waals surface area contributed by atoms with Gasteiger partial charge in [0.05, 0.1) is 5.41 Å². The fraction of sp³-hybridized carbons (Fsp3) is 0.533. The Morgan fingerprint density at radius 2 is 2.00 bits per heavy atom. The lowest BCUT2D eigenvalue weighted by atomic mass is 9.64. The first-order valence-electron chi connectivity index (χ1n) is 6.33. The van der Waals surface area contributed by atoms with Crippen LogP contribution in [0, 0.1) is 0 Å². The van der Waals surface area contributed by atoms with E-state index in [1.165, 1.54) is 0 Å². The highest BCUT2D eigenvalue weighted by Crippen LogP contribution is 2.45. The zero-order chi connectivity index (χ0) is 13.4. The second-order valence-corrected chi connectivity index (χ2v) is 6.86. The van der Waals surface area contributed by atoms with Crippen LogP contribution in [0.5, 0.6) is 0 Å². The van der Waals surface area contributed by atoms with Crippen molar-refractivity contribution in [2.24, 2.45) is 0 Å². The fourth-order valence-electron chi connectivity index (χ4n) is 2.30. The zero-order valence-electron chi connectivity index (χ0n) is 11.1. The molecule has 1 aliphatic rings. The van der Waals surface area contributed by atoms with Crippen LogP contribution in [-0.4, -0.2) is 11.6 Å². The molecule has 1 aromatic rings. The first-order chi connectivity index (χ1) is 8.33. The number of carbonyl (C=O) groups is 1. The summed E-state index contributed by atoms with van der Waals surface area (Å²) in [4.78, 5) is 12.4. The first kappa shape index (κ1) is 13.6. The Labute approximate surface area is 117 Å². The molecule has 1 fully saturated rings. The minimum absolute atomic E-state index is 0.0839. The lowest BCUT2D eigenvalue weighted by Crippen LogP contribution is -2.46. The number of hydrogen-bond donors (Lipinski definition) is 0. The average molecular weight is 311 g/mol. The van der Waals surface area contributed by atoms with Gasteiger partial charge in [-0.05, 0) is 51.3 Å². The van der Waals surface area contributed by atoms with Gasteiger partial charge in [0.25, 0.3) is 0 Å². The van der Waals surface area contributed by atoms with Crippen LogP contribution in [0.3, 0.4) is 0 Å². The van der Waals surface area contributed by atoms with Gasteiger partial charge in [0, 0.05) is 4.47 Å². The molecule has 2 rings (SSSR count). The molecule has 0 saturated heterocycles. The molecule has 2 nitrogen and oxygen atoms in total. The number of carbonyl (C=O) groups excluding carboxylic acids is 1. The smallest absolute Gasteiger partial charge is 0.317 e. The van der Waals surface area contributed by atoms with Crippen molar-refractivity contribution >= 4 is 21.9 Å². The fourth-order valence-corrected chi connectivity index (χ4v) is 2.70. The third-order valence-electron chi connectivity index (χ3n) is 3.37. The third kappa shape index (κ3) is 2.61. The molecular formula is C15H19BrO2. The summed E-state index contributed by atoms with van der Waals surface area (Å²) < 4.78 is 6.59. The predicted octanol–water partition coefficient (Wildman–Crippen LogP) is 4.21. The van der Waals surface area contributed by atoms with E-state index in [1.54, 1.807) is 0 Å². The Bertz CT molecular complexity index is 456.